The summed E-state index contributed by atoms with van der Waals surface area (Å²) in [6.07, 6.45) is -0.912. The van der Waals surface area contributed by atoms with Crippen LogP contribution in [0.4, 0.5) is 16.7 Å². The van der Waals surface area contributed by atoms with E-state index in [4.69, 9.17) is 9.84 Å². The molecule has 2 N–H and O–H groups in total. The first-order chi connectivity index (χ1) is 13.6. The first kappa shape index (κ1) is 18.2. The van der Waals surface area contributed by atoms with E-state index in [2.05, 4.69) is 19.9 Å². The maximum atomic E-state index is 11.2. The maximum absolute atomic E-state index is 11.2. The average Bonchev–Trinajstić information content (AvgIpc) is 2.74. The molecule has 2 aliphatic rings. The molecule has 2 fully saturated rings. The van der Waals surface area contributed by atoms with Gasteiger partial charge in [-0.3, -0.25) is 0 Å². The second kappa shape index (κ2) is 7.85. The Kier molecular flexibility index (Phi) is 5.11. The summed E-state index contributed by atoms with van der Waals surface area (Å²) in [6, 6.07) is 6.79. The zero-order valence-corrected chi connectivity index (χ0v) is 15.4. The fraction of sp³-hybridized carbons (Fsp3) is 0.444. The van der Waals surface area contributed by atoms with Gasteiger partial charge in [0.2, 0.25) is 11.9 Å². The number of hydrogen-bond donors (Lipinski definition) is 2. The number of amides is 1. The number of anilines is 2. The van der Waals surface area contributed by atoms with Crippen molar-refractivity contribution in [3.8, 4) is 17.1 Å². The van der Waals surface area contributed by atoms with Crippen LogP contribution in [0.25, 0.3) is 11.4 Å². The molecule has 0 saturated carbocycles. The average molecular weight is 386 g/mol. The summed E-state index contributed by atoms with van der Waals surface area (Å²) >= 11 is 0. The van der Waals surface area contributed by atoms with E-state index in [0.717, 1.165) is 0 Å². The highest BCUT2D eigenvalue weighted by atomic mass is 16.5. The van der Waals surface area contributed by atoms with Gasteiger partial charge in [0, 0.05) is 44.8 Å². The summed E-state index contributed by atoms with van der Waals surface area (Å²) < 4.78 is 5.42. The second-order valence-corrected chi connectivity index (χ2v) is 6.67. The number of phenols is 1. The molecule has 0 radical (unpaired) electrons. The molecular formula is C18H22N6O4. The minimum Gasteiger partial charge on any atom is -0.508 e. The van der Waals surface area contributed by atoms with Crippen LogP contribution < -0.4 is 9.80 Å². The normalized spacial score (nSPS) is 17.6. The smallest absolute Gasteiger partial charge is 0.407 e. The lowest BCUT2D eigenvalue weighted by atomic mass is 10.2. The molecule has 10 nitrogen and oxygen atoms in total. The van der Waals surface area contributed by atoms with Crippen LogP contribution in [0, 0.1) is 0 Å². The summed E-state index contributed by atoms with van der Waals surface area (Å²) in [4.78, 5) is 30.4. The van der Waals surface area contributed by atoms with Crippen molar-refractivity contribution in [1.82, 2.24) is 19.9 Å². The quantitative estimate of drug-likeness (QED) is 0.793. The van der Waals surface area contributed by atoms with Gasteiger partial charge in [0.05, 0.1) is 13.2 Å². The molecule has 4 rings (SSSR count). The van der Waals surface area contributed by atoms with Gasteiger partial charge in [0.25, 0.3) is 0 Å². The molecule has 2 aromatic rings. The molecule has 2 aliphatic heterocycles. The molecular weight excluding hydrogens is 364 g/mol. The van der Waals surface area contributed by atoms with Gasteiger partial charge >= 0.3 is 6.09 Å². The van der Waals surface area contributed by atoms with Crippen molar-refractivity contribution in [2.24, 2.45) is 0 Å². The number of nitrogens with zero attached hydrogens (tertiary/aromatic N) is 6. The molecule has 0 atom stereocenters. The fourth-order valence-electron chi connectivity index (χ4n) is 3.27. The van der Waals surface area contributed by atoms with Crippen LogP contribution in [-0.2, 0) is 4.74 Å². The van der Waals surface area contributed by atoms with Crippen molar-refractivity contribution < 1.29 is 19.7 Å². The van der Waals surface area contributed by atoms with E-state index < -0.39 is 6.09 Å². The Morgan fingerprint density at radius 2 is 1.57 bits per heavy atom. The number of piperazine rings is 1. The number of ether oxygens (including phenoxy) is 1. The van der Waals surface area contributed by atoms with Crippen molar-refractivity contribution in [2.45, 2.75) is 0 Å². The molecule has 1 aromatic carbocycles. The number of hydrogen-bond acceptors (Lipinski definition) is 8. The lowest BCUT2D eigenvalue weighted by Crippen LogP contribution is -2.49. The van der Waals surface area contributed by atoms with Crippen molar-refractivity contribution >= 4 is 18.0 Å². The Bertz CT molecular complexity index is 850. The largest absolute Gasteiger partial charge is 0.508 e. The van der Waals surface area contributed by atoms with E-state index >= 15 is 0 Å². The molecule has 28 heavy (non-hydrogen) atoms. The minimum absolute atomic E-state index is 0.141. The Labute approximate surface area is 162 Å². The molecule has 0 spiro atoms. The predicted octanol–water partition coefficient (Wildman–Crippen LogP) is 0.881. The topological polar surface area (TPSA) is 115 Å². The van der Waals surface area contributed by atoms with Crippen LogP contribution in [0.15, 0.2) is 24.3 Å². The van der Waals surface area contributed by atoms with Crippen LogP contribution in [0.5, 0.6) is 5.75 Å². The Balaban J connectivity index is 1.67. The third-order valence-corrected chi connectivity index (χ3v) is 4.84. The van der Waals surface area contributed by atoms with Gasteiger partial charge in [-0.05, 0) is 12.1 Å². The third-order valence-electron chi connectivity index (χ3n) is 4.84. The summed E-state index contributed by atoms with van der Waals surface area (Å²) in [7, 11) is 0. The number of phenolic OH excluding ortho intramolecular Hbond substituents is 1. The van der Waals surface area contributed by atoms with Gasteiger partial charge in [-0.25, -0.2) is 4.79 Å². The number of rotatable bonds is 3. The van der Waals surface area contributed by atoms with Crippen LogP contribution in [0.3, 0.4) is 0 Å². The van der Waals surface area contributed by atoms with E-state index in [-0.39, 0.29) is 5.75 Å². The monoisotopic (exact) mass is 386 g/mol. The van der Waals surface area contributed by atoms with Gasteiger partial charge in [0.15, 0.2) is 5.82 Å². The lowest BCUT2D eigenvalue weighted by molar-refractivity contribution is 0.122. The molecule has 0 unspecified atom stereocenters. The Hall–Kier alpha value is -3.14. The SMILES string of the molecule is O=C(O)N1CCN(c2nc(-c3cccc(O)c3)nc(N3CCOCC3)n2)CC1. The molecule has 10 heteroatoms. The van der Waals surface area contributed by atoms with Crippen LogP contribution in [0.1, 0.15) is 0 Å². The van der Waals surface area contributed by atoms with E-state index in [1.165, 1.54) is 4.90 Å². The first-order valence-electron chi connectivity index (χ1n) is 9.21. The molecule has 1 amide bonds. The van der Waals surface area contributed by atoms with Gasteiger partial charge in [-0.2, -0.15) is 15.0 Å². The van der Waals surface area contributed by atoms with Crippen molar-refractivity contribution in [3.63, 3.8) is 0 Å². The van der Waals surface area contributed by atoms with E-state index in [0.29, 0.717) is 75.8 Å². The maximum Gasteiger partial charge on any atom is 0.407 e. The number of benzene rings is 1. The van der Waals surface area contributed by atoms with Crippen molar-refractivity contribution in [1.29, 1.82) is 0 Å². The van der Waals surface area contributed by atoms with Gasteiger partial charge < -0.3 is 29.6 Å². The van der Waals surface area contributed by atoms with Crippen molar-refractivity contribution in [2.75, 3.05) is 62.3 Å². The van der Waals surface area contributed by atoms with Gasteiger partial charge in [-0.15, -0.1) is 0 Å². The summed E-state index contributed by atoms with van der Waals surface area (Å²) in [5.41, 5.74) is 0.697. The molecule has 0 aliphatic carbocycles. The molecule has 1 aromatic heterocycles. The summed E-state index contributed by atoms with van der Waals surface area (Å²) in [6.45, 7) is 4.42. The Morgan fingerprint density at radius 3 is 2.18 bits per heavy atom. The number of aromatic hydroxyl groups is 1. The highest BCUT2D eigenvalue weighted by Gasteiger charge is 2.24. The van der Waals surface area contributed by atoms with Crippen molar-refractivity contribution in [3.05, 3.63) is 24.3 Å². The van der Waals surface area contributed by atoms with Crippen LogP contribution in [-0.4, -0.2) is 88.6 Å². The Morgan fingerprint density at radius 1 is 0.929 bits per heavy atom. The number of morpholine rings is 1. The van der Waals surface area contributed by atoms with Gasteiger partial charge in [0.1, 0.15) is 5.75 Å². The zero-order chi connectivity index (χ0) is 19.5. The number of carbonyl (C=O) groups is 1. The number of carboxylic acid groups (broad SMARTS) is 1. The number of aromatic nitrogens is 3. The highest BCUT2D eigenvalue weighted by Crippen LogP contribution is 2.25. The van der Waals surface area contributed by atoms with Crippen LogP contribution in [0.2, 0.25) is 0 Å². The third kappa shape index (κ3) is 3.91. The van der Waals surface area contributed by atoms with E-state index in [1.807, 2.05) is 11.0 Å². The van der Waals surface area contributed by atoms with E-state index in [9.17, 15) is 9.90 Å². The summed E-state index contributed by atoms with van der Waals surface area (Å²) in [5, 5.41) is 19.0. The minimum atomic E-state index is -0.912. The van der Waals surface area contributed by atoms with Crippen LogP contribution >= 0.6 is 0 Å². The predicted molar refractivity (Wildman–Crippen MR) is 102 cm³/mol. The standard InChI is InChI=1S/C18H22N6O4/c25-14-3-1-2-13(12-14)15-19-16(22-4-6-24(7-5-22)18(26)27)21-17(20-15)23-8-10-28-11-9-23/h1-3,12,25H,4-11H2,(H,26,27). The molecule has 0 bridgehead atoms. The highest BCUT2D eigenvalue weighted by molar-refractivity contribution is 5.65. The fourth-order valence-corrected chi connectivity index (χ4v) is 3.27. The molecule has 2 saturated heterocycles. The zero-order valence-electron chi connectivity index (χ0n) is 15.4. The van der Waals surface area contributed by atoms with Gasteiger partial charge in [-0.1, -0.05) is 12.1 Å². The molecule has 3 heterocycles. The second-order valence-electron chi connectivity index (χ2n) is 6.67. The van der Waals surface area contributed by atoms with E-state index in [1.54, 1.807) is 18.2 Å². The lowest BCUT2D eigenvalue weighted by Gasteiger charge is -2.34. The summed E-state index contributed by atoms with van der Waals surface area (Å²) in [5.74, 6) is 1.69. The first-order valence-corrected chi connectivity index (χ1v) is 9.21. The molecule has 148 valence electrons.